The van der Waals surface area contributed by atoms with Gasteiger partial charge in [0.15, 0.2) is 0 Å². The summed E-state index contributed by atoms with van der Waals surface area (Å²) in [6, 6.07) is 19.1. The van der Waals surface area contributed by atoms with Gasteiger partial charge >= 0.3 is 0 Å². The van der Waals surface area contributed by atoms with Gasteiger partial charge in [-0.15, -0.1) is 0 Å². The molecule has 0 saturated carbocycles. The molecule has 3 rings (SSSR count). The van der Waals surface area contributed by atoms with Crippen LogP contribution in [0.4, 0.5) is 5.69 Å². The zero-order valence-corrected chi connectivity index (χ0v) is 26.1. The van der Waals surface area contributed by atoms with Crippen molar-refractivity contribution in [2.24, 2.45) is 0 Å². The van der Waals surface area contributed by atoms with Crippen molar-refractivity contribution in [2.75, 3.05) is 10.8 Å². The molecule has 0 heterocycles. The van der Waals surface area contributed by atoms with Gasteiger partial charge in [0.1, 0.15) is 12.6 Å². The molecule has 3 aromatic rings. The molecule has 0 aromatic heterocycles. The van der Waals surface area contributed by atoms with Gasteiger partial charge in [0.25, 0.3) is 10.0 Å². The summed E-state index contributed by atoms with van der Waals surface area (Å²) in [5.74, 6) is -0.832. The zero-order chi connectivity index (χ0) is 30.2. The van der Waals surface area contributed by atoms with Gasteiger partial charge in [-0.25, -0.2) is 8.42 Å². The minimum atomic E-state index is -4.12. The lowest BCUT2D eigenvalue weighted by Gasteiger charge is -2.33. The largest absolute Gasteiger partial charge is 0.352 e. The number of benzene rings is 3. The number of nitrogens with one attached hydrogen (secondary N) is 1. The lowest BCUT2D eigenvalue weighted by molar-refractivity contribution is -0.140. The maximum Gasteiger partial charge on any atom is 0.264 e. The van der Waals surface area contributed by atoms with Gasteiger partial charge in [-0.2, -0.15) is 0 Å². The van der Waals surface area contributed by atoms with E-state index >= 15 is 0 Å². The van der Waals surface area contributed by atoms with E-state index < -0.39 is 28.5 Å². The average molecular weight is 619 g/mol. The molecule has 41 heavy (non-hydrogen) atoms. The second-order valence-electron chi connectivity index (χ2n) is 9.86. The molecule has 0 aliphatic rings. The van der Waals surface area contributed by atoms with Gasteiger partial charge in [0.2, 0.25) is 11.8 Å². The number of carbonyl (C=O) groups is 2. The second kappa shape index (κ2) is 14.7. The monoisotopic (exact) mass is 617 g/mol. The Bertz CT molecular complexity index is 1430. The number of carbonyl (C=O) groups excluding carboxylic acids is 2. The van der Waals surface area contributed by atoms with Gasteiger partial charge in [0.05, 0.1) is 20.6 Å². The Morgan fingerprint density at radius 2 is 1.49 bits per heavy atom. The summed E-state index contributed by atoms with van der Waals surface area (Å²) in [6.07, 6.45) is 1.83. The molecule has 3 aromatic carbocycles. The van der Waals surface area contributed by atoms with Gasteiger partial charge in [-0.05, 0) is 73.7 Å². The van der Waals surface area contributed by atoms with E-state index in [1.807, 2.05) is 39.8 Å². The van der Waals surface area contributed by atoms with E-state index in [2.05, 4.69) is 5.32 Å². The molecule has 0 saturated heterocycles. The van der Waals surface area contributed by atoms with Crippen LogP contribution in [-0.2, 0) is 32.6 Å². The number of nitrogens with zero attached hydrogens (tertiary/aromatic N) is 2. The number of hydrogen-bond donors (Lipinski definition) is 1. The maximum absolute atomic E-state index is 14.1. The molecule has 0 unspecified atom stereocenters. The third-order valence-corrected chi connectivity index (χ3v) is 9.49. The van der Waals surface area contributed by atoms with Crippen molar-refractivity contribution in [3.63, 3.8) is 0 Å². The Labute approximate surface area is 253 Å². The quantitative estimate of drug-likeness (QED) is 0.238. The van der Waals surface area contributed by atoms with E-state index in [-0.39, 0.29) is 23.4 Å². The third kappa shape index (κ3) is 8.24. The van der Waals surface area contributed by atoms with Crippen LogP contribution in [-0.4, -0.2) is 43.8 Å². The fourth-order valence-corrected chi connectivity index (χ4v) is 6.10. The van der Waals surface area contributed by atoms with Gasteiger partial charge in [-0.3, -0.25) is 13.9 Å². The number of rotatable bonds is 13. The summed E-state index contributed by atoms with van der Waals surface area (Å²) < 4.78 is 28.9. The number of hydrogen-bond acceptors (Lipinski definition) is 4. The van der Waals surface area contributed by atoms with E-state index in [4.69, 9.17) is 23.2 Å². The Morgan fingerprint density at radius 3 is 2.05 bits per heavy atom. The molecule has 2 atom stereocenters. The van der Waals surface area contributed by atoms with Crippen molar-refractivity contribution in [2.45, 2.75) is 70.5 Å². The summed E-state index contributed by atoms with van der Waals surface area (Å²) in [6.45, 7) is 7.21. The van der Waals surface area contributed by atoms with Gasteiger partial charge in [0, 0.05) is 12.6 Å². The Hall–Kier alpha value is -3.07. The van der Waals surface area contributed by atoms with Crippen molar-refractivity contribution >= 4 is 50.7 Å². The van der Waals surface area contributed by atoms with Crippen LogP contribution in [0, 0.1) is 0 Å². The summed E-state index contributed by atoms with van der Waals surface area (Å²) >= 11 is 12.4. The predicted octanol–water partition coefficient (Wildman–Crippen LogP) is 6.47. The fraction of sp³-hybridized carbons (Fsp3) is 0.355. The van der Waals surface area contributed by atoms with Crippen LogP contribution in [0.25, 0.3) is 0 Å². The molecule has 2 amide bonds. The number of anilines is 1. The highest BCUT2D eigenvalue weighted by Crippen LogP contribution is 2.27. The molecule has 0 fully saturated rings. The first kappa shape index (κ1) is 32.4. The van der Waals surface area contributed by atoms with E-state index in [9.17, 15) is 18.0 Å². The maximum atomic E-state index is 14.1. The van der Waals surface area contributed by atoms with E-state index in [0.29, 0.717) is 27.7 Å². The van der Waals surface area contributed by atoms with Crippen LogP contribution < -0.4 is 9.62 Å². The highest BCUT2D eigenvalue weighted by molar-refractivity contribution is 7.92. The third-order valence-electron chi connectivity index (χ3n) is 6.97. The topological polar surface area (TPSA) is 86.8 Å². The standard InChI is InChI=1S/C31H37Cl2N3O4S/c1-5-22(4)34-31(38)29(7-3)35(20-24-15-18-27(32)28(33)19-24)30(37)21-36(25-16-13-23(6-2)14-17-25)41(39,40)26-11-9-8-10-12-26/h8-19,22,29H,5-7,20-21H2,1-4H3,(H,34,38)/t22-,29+/m1/s1. The van der Waals surface area contributed by atoms with Crippen LogP contribution in [0.1, 0.15) is 51.7 Å². The van der Waals surface area contributed by atoms with Crippen molar-refractivity contribution < 1.29 is 18.0 Å². The van der Waals surface area contributed by atoms with Crippen LogP contribution in [0.5, 0.6) is 0 Å². The number of amides is 2. The van der Waals surface area contributed by atoms with E-state index in [1.165, 1.54) is 17.0 Å². The molecule has 220 valence electrons. The molecule has 0 aliphatic carbocycles. The number of aryl methyl sites for hydroxylation is 1. The minimum Gasteiger partial charge on any atom is -0.352 e. The Morgan fingerprint density at radius 1 is 0.854 bits per heavy atom. The zero-order valence-electron chi connectivity index (χ0n) is 23.8. The average Bonchev–Trinajstić information content (AvgIpc) is 2.97. The SMILES string of the molecule is CCc1ccc(N(CC(=O)N(Cc2ccc(Cl)c(Cl)c2)[C@@H](CC)C(=O)N[C@H](C)CC)S(=O)(=O)c2ccccc2)cc1. The van der Waals surface area contributed by atoms with E-state index in [1.54, 1.807) is 48.5 Å². The fourth-order valence-electron chi connectivity index (χ4n) is 4.34. The Kier molecular flexibility index (Phi) is 11.6. The van der Waals surface area contributed by atoms with Crippen LogP contribution in [0.15, 0.2) is 77.7 Å². The number of halogens is 2. The lowest BCUT2D eigenvalue weighted by Crippen LogP contribution is -2.53. The van der Waals surface area contributed by atoms with Crippen LogP contribution >= 0.6 is 23.2 Å². The number of sulfonamides is 1. The molecule has 0 bridgehead atoms. The molecule has 10 heteroatoms. The van der Waals surface area contributed by atoms with Gasteiger partial charge < -0.3 is 10.2 Å². The summed E-state index contributed by atoms with van der Waals surface area (Å²) in [5.41, 5.74) is 2.05. The van der Waals surface area contributed by atoms with Crippen LogP contribution in [0.3, 0.4) is 0 Å². The predicted molar refractivity (Wildman–Crippen MR) is 166 cm³/mol. The molecule has 1 N–H and O–H groups in total. The van der Waals surface area contributed by atoms with Crippen molar-refractivity contribution in [3.05, 3.63) is 94.0 Å². The van der Waals surface area contributed by atoms with Gasteiger partial charge in [-0.1, -0.05) is 80.4 Å². The van der Waals surface area contributed by atoms with Crippen molar-refractivity contribution in [1.29, 1.82) is 0 Å². The molecule has 0 aliphatic heterocycles. The molecular weight excluding hydrogens is 581 g/mol. The van der Waals surface area contributed by atoms with Crippen molar-refractivity contribution in [3.8, 4) is 0 Å². The first-order valence-electron chi connectivity index (χ1n) is 13.7. The molecule has 0 spiro atoms. The second-order valence-corrected chi connectivity index (χ2v) is 12.5. The smallest absolute Gasteiger partial charge is 0.264 e. The highest BCUT2D eigenvalue weighted by atomic mass is 35.5. The first-order chi connectivity index (χ1) is 19.5. The summed E-state index contributed by atoms with van der Waals surface area (Å²) in [5, 5.41) is 3.65. The molecule has 0 radical (unpaired) electrons. The summed E-state index contributed by atoms with van der Waals surface area (Å²) in [7, 11) is -4.12. The van der Waals surface area contributed by atoms with Crippen LogP contribution in [0.2, 0.25) is 10.0 Å². The molecular formula is C31H37Cl2N3O4S. The highest BCUT2D eigenvalue weighted by Gasteiger charge is 2.34. The summed E-state index contributed by atoms with van der Waals surface area (Å²) in [4.78, 5) is 29.0. The van der Waals surface area contributed by atoms with Crippen molar-refractivity contribution in [1.82, 2.24) is 10.2 Å². The Balaban J connectivity index is 2.06. The van der Waals surface area contributed by atoms with E-state index in [0.717, 1.165) is 22.7 Å². The minimum absolute atomic E-state index is 0.0378. The normalized spacial score (nSPS) is 12.8. The first-order valence-corrected chi connectivity index (χ1v) is 15.9. The lowest BCUT2D eigenvalue weighted by atomic mass is 10.1. The molecule has 7 nitrogen and oxygen atoms in total.